The van der Waals surface area contributed by atoms with Gasteiger partial charge in [-0.2, -0.15) is 4.98 Å². The molecule has 6 heteroatoms. The predicted octanol–water partition coefficient (Wildman–Crippen LogP) is 2.78. The molecule has 1 aromatic heterocycles. The average Bonchev–Trinajstić information content (AvgIpc) is 2.70. The molecule has 2 aromatic rings. The van der Waals surface area contributed by atoms with Gasteiger partial charge < -0.3 is 15.5 Å². The largest absolute Gasteiger partial charge is 0.431 e. The highest BCUT2D eigenvalue weighted by molar-refractivity contribution is 6.34. The second kappa shape index (κ2) is 4.70. The molecule has 0 saturated carbocycles. The standard InChI is InChI=1S/C12H12ClN3O2/c1-6-3-7(2)10(8(13)4-6)16-11(17)9-5-18-12(14)15-9/h3-5H,1-2H3,(H2,14,15)(H,16,17). The molecule has 5 nitrogen and oxygen atoms in total. The number of nitrogens with zero attached hydrogens (tertiary/aromatic N) is 1. The zero-order valence-electron chi connectivity index (χ0n) is 9.95. The first-order valence-corrected chi connectivity index (χ1v) is 5.64. The molecule has 1 aromatic carbocycles. The Morgan fingerprint density at radius 3 is 2.72 bits per heavy atom. The molecule has 94 valence electrons. The summed E-state index contributed by atoms with van der Waals surface area (Å²) >= 11 is 6.09. The summed E-state index contributed by atoms with van der Waals surface area (Å²) in [5.41, 5.74) is 7.89. The van der Waals surface area contributed by atoms with Gasteiger partial charge in [0.25, 0.3) is 11.9 Å². The monoisotopic (exact) mass is 265 g/mol. The van der Waals surface area contributed by atoms with Gasteiger partial charge in [-0.3, -0.25) is 4.79 Å². The van der Waals surface area contributed by atoms with E-state index in [-0.39, 0.29) is 11.7 Å². The third-order valence-corrected chi connectivity index (χ3v) is 2.72. The maximum Gasteiger partial charge on any atom is 0.292 e. The normalized spacial score (nSPS) is 10.4. The summed E-state index contributed by atoms with van der Waals surface area (Å²) in [5.74, 6) is -0.413. The smallest absolute Gasteiger partial charge is 0.292 e. The SMILES string of the molecule is Cc1cc(C)c(NC(=O)c2coc(N)n2)c(Cl)c1. The van der Waals surface area contributed by atoms with Crippen molar-refractivity contribution in [2.24, 2.45) is 0 Å². The number of aromatic nitrogens is 1. The van der Waals surface area contributed by atoms with Crippen molar-refractivity contribution in [2.75, 3.05) is 11.1 Å². The third kappa shape index (κ3) is 2.46. The molecule has 0 radical (unpaired) electrons. The van der Waals surface area contributed by atoms with Crippen LogP contribution in [-0.4, -0.2) is 10.9 Å². The van der Waals surface area contributed by atoms with Crippen LogP contribution in [0.3, 0.4) is 0 Å². The maximum absolute atomic E-state index is 11.9. The number of benzene rings is 1. The fourth-order valence-corrected chi connectivity index (χ4v) is 2.01. The molecule has 18 heavy (non-hydrogen) atoms. The Bertz CT molecular complexity index is 584. The van der Waals surface area contributed by atoms with E-state index in [1.54, 1.807) is 6.07 Å². The zero-order chi connectivity index (χ0) is 13.3. The molecular formula is C12H12ClN3O2. The Hall–Kier alpha value is -2.01. The molecule has 0 atom stereocenters. The number of carbonyl (C=O) groups is 1. The van der Waals surface area contributed by atoms with Gasteiger partial charge in [0.15, 0.2) is 5.69 Å². The summed E-state index contributed by atoms with van der Waals surface area (Å²) in [6, 6.07) is 3.66. The van der Waals surface area contributed by atoms with E-state index in [0.717, 1.165) is 11.1 Å². The first-order valence-electron chi connectivity index (χ1n) is 5.26. The number of nitrogens with one attached hydrogen (secondary N) is 1. The van der Waals surface area contributed by atoms with Crippen LogP contribution >= 0.6 is 11.6 Å². The Kier molecular flexibility index (Phi) is 3.25. The number of carbonyl (C=O) groups excluding carboxylic acids is 1. The molecule has 1 amide bonds. The number of halogens is 1. The lowest BCUT2D eigenvalue weighted by Gasteiger charge is -2.10. The summed E-state index contributed by atoms with van der Waals surface area (Å²) in [5, 5.41) is 3.17. The van der Waals surface area contributed by atoms with Crippen molar-refractivity contribution >= 4 is 29.2 Å². The number of nitrogens with two attached hydrogens (primary N) is 1. The van der Waals surface area contributed by atoms with E-state index in [9.17, 15) is 4.79 Å². The Morgan fingerprint density at radius 2 is 2.17 bits per heavy atom. The lowest BCUT2D eigenvalue weighted by Crippen LogP contribution is -2.13. The maximum atomic E-state index is 11.9. The van der Waals surface area contributed by atoms with Crippen LogP contribution in [0.4, 0.5) is 11.7 Å². The Labute approximate surface area is 109 Å². The predicted molar refractivity (Wildman–Crippen MR) is 69.8 cm³/mol. The second-order valence-electron chi connectivity index (χ2n) is 3.96. The third-order valence-electron chi connectivity index (χ3n) is 2.42. The number of oxazole rings is 1. The highest BCUT2D eigenvalue weighted by atomic mass is 35.5. The lowest BCUT2D eigenvalue weighted by molar-refractivity contribution is 0.102. The molecule has 0 aliphatic rings. The van der Waals surface area contributed by atoms with Crippen LogP contribution in [0.2, 0.25) is 5.02 Å². The van der Waals surface area contributed by atoms with Crippen LogP contribution in [0.5, 0.6) is 0 Å². The van der Waals surface area contributed by atoms with Gasteiger partial charge in [0.1, 0.15) is 6.26 Å². The Balaban J connectivity index is 2.27. The summed E-state index contributed by atoms with van der Waals surface area (Å²) in [6.45, 7) is 3.80. The van der Waals surface area contributed by atoms with Gasteiger partial charge in [0.2, 0.25) is 0 Å². The van der Waals surface area contributed by atoms with E-state index in [4.69, 9.17) is 21.8 Å². The van der Waals surface area contributed by atoms with Gasteiger partial charge in [0.05, 0.1) is 10.7 Å². The summed E-state index contributed by atoms with van der Waals surface area (Å²) < 4.78 is 4.78. The molecule has 0 spiro atoms. The summed E-state index contributed by atoms with van der Waals surface area (Å²) in [4.78, 5) is 15.6. The number of anilines is 2. The van der Waals surface area contributed by atoms with Gasteiger partial charge in [0, 0.05) is 0 Å². The van der Waals surface area contributed by atoms with Gasteiger partial charge >= 0.3 is 0 Å². The van der Waals surface area contributed by atoms with Crippen LogP contribution in [0.15, 0.2) is 22.8 Å². The first-order chi connectivity index (χ1) is 8.47. The van der Waals surface area contributed by atoms with E-state index in [2.05, 4.69) is 10.3 Å². The fraction of sp³-hybridized carbons (Fsp3) is 0.167. The second-order valence-corrected chi connectivity index (χ2v) is 4.37. The fourth-order valence-electron chi connectivity index (χ4n) is 1.64. The number of rotatable bonds is 2. The molecule has 0 unspecified atom stereocenters. The average molecular weight is 266 g/mol. The molecule has 2 rings (SSSR count). The van der Waals surface area contributed by atoms with E-state index in [1.165, 1.54) is 6.26 Å². The minimum Gasteiger partial charge on any atom is -0.431 e. The van der Waals surface area contributed by atoms with E-state index in [0.29, 0.717) is 10.7 Å². The highest BCUT2D eigenvalue weighted by Crippen LogP contribution is 2.27. The number of hydrogen-bond acceptors (Lipinski definition) is 4. The zero-order valence-corrected chi connectivity index (χ0v) is 10.7. The van der Waals surface area contributed by atoms with Gasteiger partial charge in [-0.05, 0) is 31.0 Å². The van der Waals surface area contributed by atoms with Crippen molar-refractivity contribution in [2.45, 2.75) is 13.8 Å². The van der Waals surface area contributed by atoms with E-state index in [1.807, 2.05) is 19.9 Å². The molecule has 1 heterocycles. The minimum atomic E-state index is -0.413. The van der Waals surface area contributed by atoms with Gasteiger partial charge in [-0.1, -0.05) is 17.7 Å². The van der Waals surface area contributed by atoms with Crippen LogP contribution in [0.1, 0.15) is 21.6 Å². The molecule has 0 aliphatic heterocycles. The molecule has 0 saturated heterocycles. The number of aryl methyl sites for hydroxylation is 2. The van der Waals surface area contributed by atoms with Gasteiger partial charge in [-0.15, -0.1) is 0 Å². The van der Waals surface area contributed by atoms with Crippen LogP contribution < -0.4 is 11.1 Å². The van der Waals surface area contributed by atoms with Crippen LogP contribution in [-0.2, 0) is 0 Å². The molecule has 3 N–H and O–H groups in total. The van der Waals surface area contributed by atoms with E-state index >= 15 is 0 Å². The number of hydrogen-bond donors (Lipinski definition) is 2. The number of nitrogen functional groups attached to an aromatic ring is 1. The van der Waals surface area contributed by atoms with Crippen molar-refractivity contribution in [3.63, 3.8) is 0 Å². The molecule has 0 fully saturated rings. The molecule has 0 bridgehead atoms. The Morgan fingerprint density at radius 1 is 1.44 bits per heavy atom. The molecule has 0 aliphatic carbocycles. The quantitative estimate of drug-likeness (QED) is 0.875. The minimum absolute atomic E-state index is 0.0492. The first kappa shape index (κ1) is 12.4. The topological polar surface area (TPSA) is 81.2 Å². The van der Waals surface area contributed by atoms with Crippen LogP contribution in [0.25, 0.3) is 0 Å². The summed E-state index contributed by atoms with van der Waals surface area (Å²) in [6.07, 6.45) is 1.20. The highest BCUT2D eigenvalue weighted by Gasteiger charge is 2.14. The van der Waals surface area contributed by atoms with Crippen molar-refractivity contribution in [3.8, 4) is 0 Å². The molecular weight excluding hydrogens is 254 g/mol. The number of amides is 1. The van der Waals surface area contributed by atoms with Crippen LogP contribution in [0, 0.1) is 13.8 Å². The van der Waals surface area contributed by atoms with Crippen molar-refractivity contribution in [3.05, 3.63) is 40.2 Å². The van der Waals surface area contributed by atoms with Crippen molar-refractivity contribution in [1.82, 2.24) is 4.98 Å². The van der Waals surface area contributed by atoms with E-state index < -0.39 is 5.91 Å². The summed E-state index contributed by atoms with van der Waals surface area (Å²) in [7, 11) is 0. The van der Waals surface area contributed by atoms with Gasteiger partial charge in [-0.25, -0.2) is 0 Å². The van der Waals surface area contributed by atoms with Crippen molar-refractivity contribution in [1.29, 1.82) is 0 Å². The van der Waals surface area contributed by atoms with Crippen molar-refractivity contribution < 1.29 is 9.21 Å². The lowest BCUT2D eigenvalue weighted by atomic mass is 10.1.